The number of hydrogen-bond acceptors (Lipinski definition) is 0. The van der Waals surface area contributed by atoms with E-state index in [1.54, 1.807) is 24.3 Å². The zero-order valence-corrected chi connectivity index (χ0v) is 29.7. The van der Waals surface area contributed by atoms with Crippen molar-refractivity contribution in [3.8, 4) is 55.6 Å². The second kappa shape index (κ2) is 11.2. The van der Waals surface area contributed by atoms with Gasteiger partial charge in [-0.1, -0.05) is 100 Å². The molecule has 2 aliphatic rings. The van der Waals surface area contributed by atoms with Crippen LogP contribution < -0.4 is 0 Å². The molecule has 6 heteroatoms. The van der Waals surface area contributed by atoms with Crippen LogP contribution >= 0.6 is 0 Å². The number of rotatable bonds is 3. The molecule has 0 aromatic heterocycles. The number of hydrogen-bond donors (Lipinski definition) is 0. The molecule has 0 amide bonds. The number of halogens is 6. The second-order valence-corrected chi connectivity index (χ2v) is 15.3. The van der Waals surface area contributed by atoms with Gasteiger partial charge in [0.2, 0.25) is 0 Å². The van der Waals surface area contributed by atoms with Crippen LogP contribution in [-0.4, -0.2) is 0 Å². The van der Waals surface area contributed by atoms with E-state index in [1.807, 2.05) is 24.3 Å². The van der Waals surface area contributed by atoms with Gasteiger partial charge >= 0.3 is 12.4 Å². The van der Waals surface area contributed by atoms with Gasteiger partial charge in [-0.3, -0.25) is 0 Å². The van der Waals surface area contributed by atoms with Crippen molar-refractivity contribution in [3.05, 3.63) is 154 Å². The molecule has 0 fully saturated rings. The van der Waals surface area contributed by atoms with Crippen LogP contribution in [0, 0.1) is 13.8 Å². The maximum Gasteiger partial charge on any atom is 0.417 e. The highest BCUT2D eigenvalue weighted by atomic mass is 19.4. The Bertz CT molecular complexity index is 2280. The summed E-state index contributed by atoms with van der Waals surface area (Å²) in [6.07, 6.45) is -8.94. The van der Waals surface area contributed by atoms with Crippen molar-refractivity contribution in [1.29, 1.82) is 0 Å². The van der Waals surface area contributed by atoms with Gasteiger partial charge in [-0.05, 0) is 139 Å². The first-order valence-corrected chi connectivity index (χ1v) is 17.3. The van der Waals surface area contributed by atoms with Gasteiger partial charge in [0.05, 0.1) is 11.1 Å². The number of benzene rings is 6. The van der Waals surface area contributed by atoms with Gasteiger partial charge in [-0.2, -0.15) is 26.3 Å². The molecule has 0 nitrogen and oxygen atoms in total. The zero-order valence-electron chi connectivity index (χ0n) is 29.7. The molecule has 6 aromatic rings. The summed E-state index contributed by atoms with van der Waals surface area (Å²) in [6.45, 7) is 12.7. The summed E-state index contributed by atoms with van der Waals surface area (Å²) in [7, 11) is 0. The molecule has 0 N–H and O–H groups in total. The summed E-state index contributed by atoms with van der Waals surface area (Å²) in [5, 5.41) is 0. The average Bonchev–Trinajstić information content (AvgIpc) is 3.44. The minimum absolute atomic E-state index is 0.162. The van der Waals surface area contributed by atoms with E-state index in [-0.39, 0.29) is 11.1 Å². The summed E-state index contributed by atoms with van der Waals surface area (Å²) < 4.78 is 83.8. The van der Waals surface area contributed by atoms with Crippen molar-refractivity contribution in [1.82, 2.24) is 0 Å². The molecule has 0 saturated heterocycles. The molecule has 8 rings (SSSR count). The van der Waals surface area contributed by atoms with Crippen molar-refractivity contribution >= 4 is 0 Å². The molecule has 0 radical (unpaired) electrons. The normalized spacial score (nSPS) is 15.2. The highest BCUT2D eigenvalue weighted by Crippen LogP contribution is 2.55. The minimum atomic E-state index is -4.47. The predicted octanol–water partition coefficient (Wildman–Crippen LogP) is 14.0. The Labute approximate surface area is 299 Å². The van der Waals surface area contributed by atoms with Crippen LogP contribution in [0.2, 0.25) is 0 Å². The highest BCUT2D eigenvalue weighted by Gasteiger charge is 2.40. The maximum absolute atomic E-state index is 14.0. The van der Waals surface area contributed by atoms with E-state index in [9.17, 15) is 26.3 Å². The third-order valence-electron chi connectivity index (χ3n) is 11.4. The summed E-state index contributed by atoms with van der Waals surface area (Å²) in [6, 6.07) is 31.6. The molecular formula is C46H36F6. The maximum atomic E-state index is 14.0. The lowest BCUT2D eigenvalue weighted by Crippen LogP contribution is -2.16. The summed E-state index contributed by atoms with van der Waals surface area (Å²) in [5.74, 6) is 0. The average molecular weight is 703 g/mol. The Morgan fingerprint density at radius 3 is 1.08 bits per heavy atom. The van der Waals surface area contributed by atoms with E-state index in [1.165, 1.54) is 24.3 Å². The van der Waals surface area contributed by atoms with Crippen LogP contribution in [0.15, 0.2) is 109 Å². The number of alkyl halides is 6. The quantitative estimate of drug-likeness (QED) is 0.161. The van der Waals surface area contributed by atoms with Crippen LogP contribution in [0.3, 0.4) is 0 Å². The SMILES string of the molecule is Cc1cc2c(cc1-c1cc3c(cc1C)-c1ccc(-c4ccccc4C(F)(F)F)cc1C3(C)C)C(C)(C)c1cc(-c3ccccc3C(F)(F)F)ccc1-2. The number of aryl methyl sites for hydroxylation is 2. The van der Waals surface area contributed by atoms with E-state index in [4.69, 9.17) is 0 Å². The van der Waals surface area contributed by atoms with Gasteiger partial charge in [0, 0.05) is 10.8 Å². The Morgan fingerprint density at radius 2 is 0.712 bits per heavy atom. The van der Waals surface area contributed by atoms with Crippen molar-refractivity contribution < 1.29 is 26.3 Å². The smallest absolute Gasteiger partial charge is 0.166 e. The van der Waals surface area contributed by atoms with Crippen LogP contribution in [0.4, 0.5) is 26.3 Å². The van der Waals surface area contributed by atoms with Crippen molar-refractivity contribution in [2.45, 2.75) is 64.7 Å². The van der Waals surface area contributed by atoms with Crippen LogP contribution in [0.1, 0.15) is 72.2 Å². The molecular weight excluding hydrogens is 666 g/mol. The standard InChI is InChI=1S/C46H36F6/c1-25-19-35-31-17-15-27(29-11-7-9-13-37(29)45(47,48)49)21-39(31)43(3,4)41(35)23-33(25)34-24-42-36(20-26(34)2)32-18-16-28(22-40(32)44(42,5)6)30-12-8-10-14-38(30)46(50,51)52/h7-24H,1-6H3. The predicted molar refractivity (Wildman–Crippen MR) is 197 cm³/mol. The first-order valence-electron chi connectivity index (χ1n) is 17.3. The monoisotopic (exact) mass is 702 g/mol. The Morgan fingerprint density at radius 1 is 0.365 bits per heavy atom. The highest BCUT2D eigenvalue weighted by molar-refractivity contribution is 5.90. The molecule has 0 saturated carbocycles. The zero-order chi connectivity index (χ0) is 37.1. The molecule has 0 unspecified atom stereocenters. The van der Waals surface area contributed by atoms with Crippen LogP contribution in [-0.2, 0) is 23.2 Å². The first kappa shape index (κ1) is 34.0. The molecule has 0 bridgehead atoms. The molecule has 6 aromatic carbocycles. The van der Waals surface area contributed by atoms with Gasteiger partial charge < -0.3 is 0 Å². The van der Waals surface area contributed by atoms with E-state index < -0.39 is 34.3 Å². The van der Waals surface area contributed by atoms with Gasteiger partial charge in [0.15, 0.2) is 0 Å². The van der Waals surface area contributed by atoms with Crippen molar-refractivity contribution in [3.63, 3.8) is 0 Å². The number of fused-ring (bicyclic) bond motifs is 6. The molecule has 0 spiro atoms. The van der Waals surface area contributed by atoms with Crippen molar-refractivity contribution in [2.24, 2.45) is 0 Å². The van der Waals surface area contributed by atoms with Crippen LogP contribution in [0.25, 0.3) is 55.6 Å². The van der Waals surface area contributed by atoms with Gasteiger partial charge in [0.1, 0.15) is 0 Å². The fraction of sp³-hybridized carbons (Fsp3) is 0.217. The summed E-state index contributed by atoms with van der Waals surface area (Å²) >= 11 is 0. The molecule has 0 atom stereocenters. The van der Waals surface area contributed by atoms with Gasteiger partial charge in [0.25, 0.3) is 0 Å². The van der Waals surface area contributed by atoms with E-state index in [0.29, 0.717) is 11.1 Å². The Kier molecular flexibility index (Phi) is 7.32. The third-order valence-corrected chi connectivity index (χ3v) is 11.4. The minimum Gasteiger partial charge on any atom is -0.166 e. The summed E-state index contributed by atoms with van der Waals surface area (Å²) in [4.78, 5) is 0. The lowest BCUT2D eigenvalue weighted by atomic mass is 9.78. The Hall–Kier alpha value is -5.10. The second-order valence-electron chi connectivity index (χ2n) is 15.3. The largest absolute Gasteiger partial charge is 0.417 e. The van der Waals surface area contributed by atoms with Crippen molar-refractivity contribution in [2.75, 3.05) is 0 Å². The molecule has 262 valence electrons. The fourth-order valence-electron chi connectivity index (χ4n) is 8.66. The fourth-order valence-corrected chi connectivity index (χ4v) is 8.66. The Balaban J connectivity index is 1.21. The molecule has 52 heavy (non-hydrogen) atoms. The molecule has 0 aliphatic heterocycles. The van der Waals surface area contributed by atoms with Gasteiger partial charge in [-0.25, -0.2) is 0 Å². The third kappa shape index (κ3) is 5.05. The van der Waals surface area contributed by atoms with Crippen LogP contribution in [0.5, 0.6) is 0 Å². The van der Waals surface area contributed by atoms with E-state index in [2.05, 4.69) is 65.8 Å². The molecule has 2 aliphatic carbocycles. The first-order chi connectivity index (χ1) is 24.4. The van der Waals surface area contributed by atoms with E-state index >= 15 is 0 Å². The summed E-state index contributed by atoms with van der Waals surface area (Å²) in [5.41, 5.74) is 11.8. The van der Waals surface area contributed by atoms with Gasteiger partial charge in [-0.15, -0.1) is 0 Å². The molecule has 0 heterocycles. The lowest BCUT2D eigenvalue weighted by molar-refractivity contribution is -0.137. The van der Waals surface area contributed by atoms with E-state index in [0.717, 1.165) is 78.9 Å². The topological polar surface area (TPSA) is 0 Å². The lowest BCUT2D eigenvalue weighted by Gasteiger charge is -2.25.